The number of carbonyl (C=O) groups excluding carboxylic acids is 1. The summed E-state index contributed by atoms with van der Waals surface area (Å²) in [6, 6.07) is 11.1. The molecule has 4 rings (SSSR count). The monoisotopic (exact) mass is 481 g/mol. The molecule has 1 unspecified atom stereocenters. The van der Waals surface area contributed by atoms with Gasteiger partial charge in [0.15, 0.2) is 18.1 Å². The minimum Gasteiger partial charge on any atom is -0.494 e. The molecule has 2 N–H and O–H groups in total. The minimum absolute atomic E-state index is 0.00791. The number of ether oxygens (including phenoxy) is 3. The van der Waals surface area contributed by atoms with Crippen LogP contribution in [0.15, 0.2) is 36.4 Å². The van der Waals surface area contributed by atoms with Crippen LogP contribution in [0.1, 0.15) is 31.2 Å². The van der Waals surface area contributed by atoms with Crippen LogP contribution in [0.4, 0.5) is 0 Å². The Morgan fingerprint density at radius 2 is 1.89 bits per heavy atom. The fraction of sp³-hybridized carbons (Fsp3) is 0.444. The van der Waals surface area contributed by atoms with Crippen LogP contribution in [0.5, 0.6) is 17.2 Å². The Morgan fingerprint density at radius 3 is 2.63 bits per heavy atom. The van der Waals surface area contributed by atoms with Gasteiger partial charge in [-0.1, -0.05) is 12.1 Å². The van der Waals surface area contributed by atoms with Crippen molar-refractivity contribution in [2.45, 2.75) is 25.7 Å². The molecular formula is C27H33N2O6. The Kier molecular flexibility index (Phi) is 8.47. The molecule has 2 heterocycles. The number of aliphatic carboxylic acids is 1. The standard InChI is InChI=1S/C27H33N2O6/c1-19-4-6-22(33-14-9-20-8-10-28-27(20)32)17-23(19)21-5-7-24(25(16-21)35-18-26(30)31)34-15-13-29-11-2-3-12-29/h4-7,16-17,20H,1-3,8-15,18H2,(H,28,32)(H,30,31). The summed E-state index contributed by atoms with van der Waals surface area (Å²) < 4.78 is 17.4. The molecule has 0 aliphatic carbocycles. The third-order valence-corrected chi connectivity index (χ3v) is 6.45. The van der Waals surface area contributed by atoms with Gasteiger partial charge in [0.05, 0.1) is 6.61 Å². The average molecular weight is 482 g/mol. The first-order chi connectivity index (χ1) is 17.0. The van der Waals surface area contributed by atoms with Crippen molar-refractivity contribution in [1.29, 1.82) is 0 Å². The Morgan fingerprint density at radius 1 is 1.06 bits per heavy atom. The van der Waals surface area contributed by atoms with E-state index in [1.54, 1.807) is 6.07 Å². The van der Waals surface area contributed by atoms with E-state index in [1.165, 1.54) is 12.8 Å². The van der Waals surface area contributed by atoms with Gasteiger partial charge in [0.2, 0.25) is 5.91 Å². The van der Waals surface area contributed by atoms with Crippen LogP contribution >= 0.6 is 0 Å². The molecule has 35 heavy (non-hydrogen) atoms. The SMILES string of the molecule is [CH2]c1ccc(OCCC2CCNC2=O)cc1-c1ccc(OCCN2CCCC2)c(OCC(=O)O)c1. The number of likely N-dealkylation sites (tertiary alicyclic amines) is 1. The van der Waals surface area contributed by atoms with Gasteiger partial charge in [-0.25, -0.2) is 4.79 Å². The van der Waals surface area contributed by atoms with Crippen molar-refractivity contribution in [2.75, 3.05) is 46.0 Å². The molecule has 1 atom stereocenters. The molecule has 2 aliphatic heterocycles. The number of benzene rings is 2. The quantitative estimate of drug-likeness (QED) is 0.480. The van der Waals surface area contributed by atoms with Gasteiger partial charge in [0.1, 0.15) is 12.4 Å². The lowest BCUT2D eigenvalue weighted by Gasteiger charge is -2.18. The van der Waals surface area contributed by atoms with E-state index in [1.807, 2.05) is 30.3 Å². The van der Waals surface area contributed by atoms with Gasteiger partial charge < -0.3 is 24.6 Å². The third-order valence-electron chi connectivity index (χ3n) is 6.45. The molecule has 187 valence electrons. The van der Waals surface area contributed by atoms with Crippen molar-refractivity contribution < 1.29 is 28.9 Å². The lowest BCUT2D eigenvalue weighted by molar-refractivity contribution is -0.139. The van der Waals surface area contributed by atoms with Crippen LogP contribution in [0.2, 0.25) is 0 Å². The molecule has 8 heteroatoms. The molecule has 0 bridgehead atoms. The fourth-order valence-electron chi connectivity index (χ4n) is 4.49. The summed E-state index contributed by atoms with van der Waals surface area (Å²) in [6.07, 6.45) is 3.95. The number of amides is 1. The lowest BCUT2D eigenvalue weighted by Crippen LogP contribution is -2.25. The number of carboxylic acids is 1. The molecule has 1 amide bonds. The first-order valence-corrected chi connectivity index (χ1v) is 12.2. The molecule has 0 spiro atoms. The second-order valence-electron chi connectivity index (χ2n) is 8.97. The normalized spacial score (nSPS) is 17.9. The zero-order valence-corrected chi connectivity index (χ0v) is 20.0. The van der Waals surface area contributed by atoms with Gasteiger partial charge in [-0.3, -0.25) is 9.69 Å². The van der Waals surface area contributed by atoms with Crippen LogP contribution in [0.3, 0.4) is 0 Å². The van der Waals surface area contributed by atoms with Crippen LogP contribution in [-0.2, 0) is 9.59 Å². The summed E-state index contributed by atoms with van der Waals surface area (Å²) in [4.78, 5) is 25.2. The van der Waals surface area contributed by atoms with E-state index in [0.29, 0.717) is 36.9 Å². The zero-order chi connectivity index (χ0) is 24.6. The van der Waals surface area contributed by atoms with Crippen LogP contribution in [0.25, 0.3) is 11.1 Å². The minimum atomic E-state index is -1.05. The van der Waals surface area contributed by atoms with E-state index in [2.05, 4.69) is 17.1 Å². The first kappa shape index (κ1) is 24.9. The fourth-order valence-corrected chi connectivity index (χ4v) is 4.49. The van der Waals surface area contributed by atoms with Crippen molar-refractivity contribution in [3.8, 4) is 28.4 Å². The molecule has 2 aromatic carbocycles. The van der Waals surface area contributed by atoms with Gasteiger partial charge in [0.25, 0.3) is 0 Å². The highest BCUT2D eigenvalue weighted by molar-refractivity contribution is 5.80. The van der Waals surface area contributed by atoms with Crippen LogP contribution in [-0.4, -0.2) is 67.9 Å². The van der Waals surface area contributed by atoms with Crippen LogP contribution in [0, 0.1) is 12.8 Å². The van der Waals surface area contributed by atoms with Gasteiger partial charge in [-0.2, -0.15) is 0 Å². The molecule has 2 aliphatic rings. The summed E-state index contributed by atoms with van der Waals surface area (Å²) in [6.45, 7) is 8.36. The Hall–Kier alpha value is -3.26. The van der Waals surface area contributed by atoms with E-state index >= 15 is 0 Å². The summed E-state index contributed by atoms with van der Waals surface area (Å²) in [5, 5.41) is 12.0. The van der Waals surface area contributed by atoms with E-state index in [-0.39, 0.29) is 11.8 Å². The van der Waals surface area contributed by atoms with E-state index in [4.69, 9.17) is 19.3 Å². The molecule has 8 nitrogen and oxygen atoms in total. The number of nitrogens with one attached hydrogen (secondary N) is 1. The van der Waals surface area contributed by atoms with Gasteiger partial charge in [0, 0.05) is 19.0 Å². The molecule has 2 fully saturated rings. The molecule has 2 saturated heterocycles. The predicted molar refractivity (Wildman–Crippen MR) is 132 cm³/mol. The molecule has 2 aromatic rings. The number of nitrogens with zero attached hydrogens (tertiary/aromatic N) is 1. The van der Waals surface area contributed by atoms with Crippen molar-refractivity contribution in [3.05, 3.63) is 48.9 Å². The Bertz CT molecular complexity index is 1030. The highest BCUT2D eigenvalue weighted by Gasteiger charge is 2.23. The summed E-state index contributed by atoms with van der Waals surface area (Å²) in [5.74, 6) is 0.631. The van der Waals surface area contributed by atoms with Gasteiger partial charge >= 0.3 is 5.97 Å². The second kappa shape index (κ2) is 11.9. The highest BCUT2D eigenvalue weighted by atomic mass is 16.5. The van der Waals surface area contributed by atoms with E-state index < -0.39 is 12.6 Å². The molecule has 0 saturated carbocycles. The van der Waals surface area contributed by atoms with Crippen molar-refractivity contribution in [1.82, 2.24) is 10.2 Å². The number of carboxylic acid groups (broad SMARTS) is 1. The zero-order valence-electron chi connectivity index (χ0n) is 20.0. The van der Waals surface area contributed by atoms with Crippen LogP contribution < -0.4 is 19.5 Å². The van der Waals surface area contributed by atoms with Gasteiger partial charge in [-0.15, -0.1) is 0 Å². The maximum Gasteiger partial charge on any atom is 0.341 e. The third kappa shape index (κ3) is 6.88. The van der Waals surface area contributed by atoms with Crippen molar-refractivity contribution in [3.63, 3.8) is 0 Å². The smallest absolute Gasteiger partial charge is 0.341 e. The molecule has 1 radical (unpaired) electrons. The average Bonchev–Trinajstić information content (AvgIpc) is 3.51. The number of carbonyl (C=O) groups is 2. The maximum absolute atomic E-state index is 11.8. The van der Waals surface area contributed by atoms with Crippen molar-refractivity contribution >= 4 is 11.9 Å². The number of rotatable bonds is 12. The Balaban J connectivity index is 1.45. The Labute approximate surface area is 206 Å². The lowest BCUT2D eigenvalue weighted by atomic mass is 9.99. The number of hydrogen-bond donors (Lipinski definition) is 2. The largest absolute Gasteiger partial charge is 0.494 e. The first-order valence-electron chi connectivity index (χ1n) is 12.2. The maximum atomic E-state index is 11.8. The molecule has 0 aromatic heterocycles. The summed E-state index contributed by atoms with van der Waals surface area (Å²) in [7, 11) is 0. The van der Waals surface area contributed by atoms with Crippen molar-refractivity contribution in [2.24, 2.45) is 5.92 Å². The van der Waals surface area contributed by atoms with E-state index in [0.717, 1.165) is 49.3 Å². The summed E-state index contributed by atoms with van der Waals surface area (Å²) >= 11 is 0. The topological polar surface area (TPSA) is 97.3 Å². The predicted octanol–water partition coefficient (Wildman–Crippen LogP) is 3.38. The van der Waals surface area contributed by atoms with Gasteiger partial charge in [-0.05, 0) is 86.7 Å². The summed E-state index contributed by atoms with van der Waals surface area (Å²) in [5.41, 5.74) is 2.48. The second-order valence-corrected chi connectivity index (χ2v) is 8.97. The molecular weight excluding hydrogens is 448 g/mol. The van der Waals surface area contributed by atoms with E-state index in [9.17, 15) is 9.59 Å². The highest BCUT2D eigenvalue weighted by Crippen LogP contribution is 2.35. The number of hydrogen-bond acceptors (Lipinski definition) is 6.